The Hall–Kier alpha value is -1.79. The van der Waals surface area contributed by atoms with E-state index in [0.29, 0.717) is 13.0 Å². The molecule has 6 nitrogen and oxygen atoms in total. The molecule has 1 aromatic carbocycles. The van der Waals surface area contributed by atoms with Crippen molar-refractivity contribution >= 4 is 29.3 Å². The van der Waals surface area contributed by atoms with Crippen molar-refractivity contribution in [2.75, 3.05) is 19.6 Å². The lowest BCUT2D eigenvalue weighted by Gasteiger charge is -2.06. The zero-order chi connectivity index (χ0) is 15.8. The van der Waals surface area contributed by atoms with Crippen LogP contribution in [0.4, 0.5) is 0 Å². The number of aromatic nitrogens is 2. The van der Waals surface area contributed by atoms with E-state index in [0.717, 1.165) is 48.9 Å². The van der Waals surface area contributed by atoms with Gasteiger partial charge < -0.3 is 20.6 Å². The van der Waals surface area contributed by atoms with Crippen molar-refractivity contribution in [2.45, 2.75) is 32.6 Å². The van der Waals surface area contributed by atoms with Crippen molar-refractivity contribution < 1.29 is 4.79 Å². The van der Waals surface area contributed by atoms with Gasteiger partial charge in [-0.2, -0.15) is 0 Å². The minimum absolute atomic E-state index is 0. The van der Waals surface area contributed by atoms with Crippen molar-refractivity contribution in [3.05, 3.63) is 34.2 Å². The lowest BCUT2D eigenvalue weighted by Crippen LogP contribution is -2.31. The number of nitrogens with one attached hydrogen (secondary N) is 4. The molecule has 0 unspecified atom stereocenters. The minimum atomic E-state index is -0.191. The van der Waals surface area contributed by atoms with E-state index in [4.69, 9.17) is 0 Å². The largest absolute Gasteiger partial charge is 0.355 e. The third-order valence-electron chi connectivity index (χ3n) is 3.50. The van der Waals surface area contributed by atoms with Crippen molar-refractivity contribution in [3.8, 4) is 0 Å². The third-order valence-corrected chi connectivity index (χ3v) is 3.50. The maximum atomic E-state index is 11.7. The first-order valence-electron chi connectivity index (χ1n) is 7.87. The van der Waals surface area contributed by atoms with Crippen LogP contribution in [0.2, 0.25) is 0 Å². The quantitative estimate of drug-likeness (QED) is 0.524. The van der Waals surface area contributed by atoms with E-state index in [-0.39, 0.29) is 24.0 Å². The summed E-state index contributed by atoms with van der Waals surface area (Å²) in [5.74, 6) is 0.0921. The van der Waals surface area contributed by atoms with Gasteiger partial charge in [0.15, 0.2) is 0 Å². The Morgan fingerprint density at radius 2 is 1.91 bits per heavy atom. The monoisotopic (exact) mass is 340 g/mol. The minimum Gasteiger partial charge on any atom is -0.355 e. The third kappa shape index (κ3) is 6.46. The standard InChI is InChI=1S/C16H24N4O2.ClH/c1-2-8-17-9-10-18-15(21)5-3-4-12-6-7-13-14(11-12)20-16(22)19-13;/h6-7,11,17H,2-5,8-10H2,1H3,(H,18,21)(H2,19,20,22);1H. The molecule has 0 atom stereocenters. The van der Waals surface area contributed by atoms with Crippen LogP contribution in [0.25, 0.3) is 11.0 Å². The SMILES string of the molecule is CCCNCCNC(=O)CCCc1ccc2[nH]c(=O)[nH]c2c1.Cl. The number of hydrogen-bond acceptors (Lipinski definition) is 3. The summed E-state index contributed by atoms with van der Waals surface area (Å²) in [6.45, 7) is 4.60. The Bertz CT molecular complexity index is 665. The lowest BCUT2D eigenvalue weighted by atomic mass is 10.1. The molecule has 2 rings (SSSR count). The normalized spacial score (nSPS) is 10.5. The van der Waals surface area contributed by atoms with Gasteiger partial charge in [0.2, 0.25) is 5.91 Å². The summed E-state index contributed by atoms with van der Waals surface area (Å²) in [6.07, 6.45) is 3.25. The number of carbonyl (C=O) groups is 1. The Labute approximate surface area is 141 Å². The average Bonchev–Trinajstić information content (AvgIpc) is 2.86. The topological polar surface area (TPSA) is 89.8 Å². The molecule has 0 saturated carbocycles. The Kier molecular flexibility index (Phi) is 8.43. The molecule has 1 aromatic heterocycles. The van der Waals surface area contributed by atoms with Gasteiger partial charge in [0, 0.05) is 19.5 Å². The molecule has 7 heteroatoms. The van der Waals surface area contributed by atoms with E-state index in [1.165, 1.54) is 0 Å². The van der Waals surface area contributed by atoms with Gasteiger partial charge >= 0.3 is 5.69 Å². The molecular formula is C16H25ClN4O2. The summed E-state index contributed by atoms with van der Waals surface area (Å²) < 4.78 is 0. The summed E-state index contributed by atoms with van der Waals surface area (Å²) >= 11 is 0. The van der Waals surface area contributed by atoms with Crippen LogP contribution < -0.4 is 16.3 Å². The van der Waals surface area contributed by atoms with Crippen molar-refractivity contribution in [1.29, 1.82) is 0 Å². The second-order valence-electron chi connectivity index (χ2n) is 5.41. The van der Waals surface area contributed by atoms with Crippen LogP contribution in [-0.2, 0) is 11.2 Å². The van der Waals surface area contributed by atoms with Gasteiger partial charge in [0.1, 0.15) is 0 Å². The zero-order valence-corrected chi connectivity index (χ0v) is 14.2. The van der Waals surface area contributed by atoms with Gasteiger partial charge in [0.25, 0.3) is 0 Å². The number of amides is 1. The highest BCUT2D eigenvalue weighted by molar-refractivity contribution is 5.85. The molecule has 0 radical (unpaired) electrons. The first kappa shape index (κ1) is 19.3. The van der Waals surface area contributed by atoms with E-state index in [1.807, 2.05) is 18.2 Å². The van der Waals surface area contributed by atoms with Crippen LogP contribution >= 0.6 is 12.4 Å². The number of benzene rings is 1. The van der Waals surface area contributed by atoms with E-state index < -0.39 is 0 Å². The second kappa shape index (κ2) is 10.1. The van der Waals surface area contributed by atoms with Crippen LogP contribution in [0.1, 0.15) is 31.7 Å². The number of rotatable bonds is 9. The molecule has 0 aliphatic rings. The Balaban J connectivity index is 0.00000264. The molecule has 23 heavy (non-hydrogen) atoms. The number of aromatic amines is 2. The first-order valence-corrected chi connectivity index (χ1v) is 7.87. The fourth-order valence-corrected chi connectivity index (χ4v) is 2.37. The molecular weight excluding hydrogens is 316 g/mol. The van der Waals surface area contributed by atoms with Gasteiger partial charge in [-0.25, -0.2) is 4.79 Å². The molecule has 1 amide bonds. The highest BCUT2D eigenvalue weighted by atomic mass is 35.5. The molecule has 0 fully saturated rings. The van der Waals surface area contributed by atoms with Crippen LogP contribution in [0, 0.1) is 0 Å². The molecule has 2 aromatic rings. The Morgan fingerprint density at radius 3 is 2.70 bits per heavy atom. The van der Waals surface area contributed by atoms with Gasteiger partial charge in [-0.15, -0.1) is 12.4 Å². The summed E-state index contributed by atoms with van der Waals surface area (Å²) in [4.78, 5) is 28.4. The van der Waals surface area contributed by atoms with Crippen LogP contribution in [0.3, 0.4) is 0 Å². The molecule has 0 aliphatic heterocycles. The van der Waals surface area contributed by atoms with Crippen LogP contribution in [0.15, 0.2) is 23.0 Å². The predicted octanol–water partition coefficient (Wildman–Crippen LogP) is 1.72. The van der Waals surface area contributed by atoms with Crippen LogP contribution in [0.5, 0.6) is 0 Å². The Morgan fingerprint density at radius 1 is 1.13 bits per heavy atom. The molecule has 128 valence electrons. The number of aryl methyl sites for hydroxylation is 1. The number of H-pyrrole nitrogens is 2. The first-order chi connectivity index (χ1) is 10.7. The maximum absolute atomic E-state index is 11.7. The van der Waals surface area contributed by atoms with Gasteiger partial charge in [0.05, 0.1) is 11.0 Å². The van der Waals surface area contributed by atoms with E-state index >= 15 is 0 Å². The fraction of sp³-hybridized carbons (Fsp3) is 0.500. The number of imidazole rings is 1. The number of hydrogen-bond donors (Lipinski definition) is 4. The predicted molar refractivity (Wildman–Crippen MR) is 95.3 cm³/mol. The molecule has 4 N–H and O–H groups in total. The lowest BCUT2D eigenvalue weighted by molar-refractivity contribution is -0.121. The van der Waals surface area contributed by atoms with E-state index in [1.54, 1.807) is 0 Å². The summed E-state index contributed by atoms with van der Waals surface area (Å²) in [5, 5.41) is 6.15. The number of fused-ring (bicyclic) bond motifs is 1. The van der Waals surface area contributed by atoms with E-state index in [2.05, 4.69) is 27.5 Å². The van der Waals surface area contributed by atoms with Crippen molar-refractivity contribution in [2.24, 2.45) is 0 Å². The summed E-state index contributed by atoms with van der Waals surface area (Å²) in [5.41, 5.74) is 2.56. The maximum Gasteiger partial charge on any atom is 0.323 e. The van der Waals surface area contributed by atoms with Crippen molar-refractivity contribution in [3.63, 3.8) is 0 Å². The summed E-state index contributed by atoms with van der Waals surface area (Å²) in [7, 11) is 0. The molecule has 0 bridgehead atoms. The fourth-order valence-electron chi connectivity index (χ4n) is 2.37. The van der Waals surface area contributed by atoms with E-state index in [9.17, 15) is 9.59 Å². The zero-order valence-electron chi connectivity index (χ0n) is 13.4. The van der Waals surface area contributed by atoms with Gasteiger partial charge in [-0.3, -0.25) is 4.79 Å². The highest BCUT2D eigenvalue weighted by Crippen LogP contribution is 2.12. The number of halogens is 1. The van der Waals surface area contributed by atoms with Crippen LogP contribution in [-0.4, -0.2) is 35.5 Å². The highest BCUT2D eigenvalue weighted by Gasteiger charge is 2.03. The number of carbonyl (C=O) groups excluding carboxylic acids is 1. The molecule has 0 saturated heterocycles. The smallest absolute Gasteiger partial charge is 0.323 e. The second-order valence-corrected chi connectivity index (χ2v) is 5.41. The molecule has 0 spiro atoms. The van der Waals surface area contributed by atoms with Gasteiger partial charge in [-0.1, -0.05) is 13.0 Å². The summed E-state index contributed by atoms with van der Waals surface area (Å²) in [6, 6.07) is 5.83. The molecule has 0 aliphatic carbocycles. The molecule has 1 heterocycles. The van der Waals surface area contributed by atoms with Crippen molar-refractivity contribution in [1.82, 2.24) is 20.6 Å². The average molecular weight is 341 g/mol. The van der Waals surface area contributed by atoms with Gasteiger partial charge in [-0.05, 0) is 43.5 Å².